The van der Waals surface area contributed by atoms with Gasteiger partial charge in [0.15, 0.2) is 0 Å². The minimum atomic E-state index is -0.361. The highest BCUT2D eigenvalue weighted by Gasteiger charge is 2.25. The maximum absolute atomic E-state index is 13.0. The zero-order valence-corrected chi connectivity index (χ0v) is 13.8. The van der Waals surface area contributed by atoms with Crippen LogP contribution < -0.4 is 5.32 Å². The van der Waals surface area contributed by atoms with Crippen LogP contribution >= 0.6 is 0 Å². The summed E-state index contributed by atoms with van der Waals surface area (Å²) in [5.41, 5.74) is 0.477. The molecule has 1 aliphatic rings. The lowest BCUT2D eigenvalue weighted by Crippen LogP contribution is -2.46. The van der Waals surface area contributed by atoms with E-state index >= 15 is 0 Å². The Bertz CT molecular complexity index is 624. The van der Waals surface area contributed by atoms with Crippen LogP contribution in [0, 0.1) is 18.2 Å². The first-order chi connectivity index (χ1) is 11.5. The lowest BCUT2D eigenvalue weighted by molar-refractivity contribution is -0.125. The average Bonchev–Trinajstić information content (AvgIpc) is 2.85. The molecule has 1 fully saturated rings. The third-order valence-electron chi connectivity index (χ3n) is 4.20. The minimum absolute atomic E-state index is 0.105. The Hall–Kier alpha value is -2.39. The van der Waals surface area contributed by atoms with E-state index in [4.69, 9.17) is 6.42 Å². The Morgan fingerprint density at radius 3 is 2.62 bits per heavy atom. The molecule has 24 heavy (non-hydrogen) atoms. The van der Waals surface area contributed by atoms with Crippen molar-refractivity contribution in [1.29, 1.82) is 0 Å². The molecule has 1 atom stereocenters. The summed E-state index contributed by atoms with van der Waals surface area (Å²) in [7, 11) is 0. The molecule has 0 spiro atoms. The monoisotopic (exact) mass is 331 g/mol. The number of rotatable bonds is 4. The normalized spacial score (nSPS) is 16.8. The van der Waals surface area contributed by atoms with E-state index in [2.05, 4.69) is 11.2 Å². The number of nitrogens with zero attached hydrogens (tertiary/aromatic N) is 2. The summed E-state index contributed by atoms with van der Waals surface area (Å²) >= 11 is 0. The molecule has 2 amide bonds. The van der Waals surface area contributed by atoms with Crippen LogP contribution in [0.25, 0.3) is 0 Å². The lowest BCUT2D eigenvalue weighted by atomic mass is 10.2. The lowest BCUT2D eigenvalue weighted by Gasteiger charge is -2.26. The maximum Gasteiger partial charge on any atom is 0.253 e. The topological polar surface area (TPSA) is 52.7 Å². The third kappa shape index (κ3) is 4.56. The van der Waals surface area contributed by atoms with Crippen molar-refractivity contribution in [2.24, 2.45) is 0 Å². The summed E-state index contributed by atoms with van der Waals surface area (Å²) in [4.78, 5) is 28.3. The van der Waals surface area contributed by atoms with E-state index < -0.39 is 0 Å². The Labute approximate surface area is 141 Å². The number of hydrogen-bond acceptors (Lipinski definition) is 3. The van der Waals surface area contributed by atoms with Gasteiger partial charge in [-0.1, -0.05) is 5.92 Å². The molecule has 1 heterocycles. The molecule has 0 radical (unpaired) electrons. The van der Waals surface area contributed by atoms with Gasteiger partial charge >= 0.3 is 0 Å². The molecule has 0 saturated carbocycles. The number of halogens is 1. The molecular formula is C18H22FN3O2. The zero-order valence-electron chi connectivity index (χ0n) is 13.8. The van der Waals surface area contributed by atoms with Gasteiger partial charge in [0.1, 0.15) is 5.82 Å². The molecule has 1 aromatic rings. The molecule has 128 valence electrons. The van der Waals surface area contributed by atoms with E-state index in [9.17, 15) is 14.0 Å². The molecule has 1 N–H and O–H groups in total. The Morgan fingerprint density at radius 2 is 1.96 bits per heavy atom. The van der Waals surface area contributed by atoms with Gasteiger partial charge < -0.3 is 10.2 Å². The fraction of sp³-hybridized carbons (Fsp3) is 0.444. The third-order valence-corrected chi connectivity index (χ3v) is 4.20. The predicted molar refractivity (Wildman–Crippen MR) is 89.8 cm³/mol. The summed E-state index contributed by atoms with van der Waals surface area (Å²) in [5.74, 6) is 1.81. The first-order valence-electron chi connectivity index (χ1n) is 8.03. The van der Waals surface area contributed by atoms with Crippen molar-refractivity contribution in [2.45, 2.75) is 19.4 Å². The quantitative estimate of drug-likeness (QED) is 0.841. The summed E-state index contributed by atoms with van der Waals surface area (Å²) in [6.07, 6.45) is 5.93. The van der Waals surface area contributed by atoms with Crippen molar-refractivity contribution in [2.75, 3.05) is 32.7 Å². The highest BCUT2D eigenvalue weighted by atomic mass is 19.1. The Balaban J connectivity index is 1.94. The van der Waals surface area contributed by atoms with E-state index in [0.717, 1.165) is 13.0 Å². The second-order valence-electron chi connectivity index (χ2n) is 5.79. The average molecular weight is 331 g/mol. The molecule has 1 saturated heterocycles. The number of benzene rings is 1. The van der Waals surface area contributed by atoms with E-state index in [1.54, 1.807) is 4.90 Å². The highest BCUT2D eigenvalue weighted by Crippen LogP contribution is 2.12. The molecule has 2 rings (SSSR count). The number of amides is 2. The van der Waals surface area contributed by atoms with Crippen molar-refractivity contribution in [1.82, 2.24) is 15.1 Å². The zero-order chi connectivity index (χ0) is 17.5. The summed E-state index contributed by atoms with van der Waals surface area (Å²) in [6.45, 7) is 4.54. The minimum Gasteiger partial charge on any atom is -0.344 e. The van der Waals surface area contributed by atoms with Crippen molar-refractivity contribution >= 4 is 11.8 Å². The van der Waals surface area contributed by atoms with Crippen LogP contribution in [0.4, 0.5) is 4.39 Å². The van der Waals surface area contributed by atoms with Gasteiger partial charge in [-0.15, -0.1) is 6.42 Å². The highest BCUT2D eigenvalue weighted by molar-refractivity contribution is 5.94. The fourth-order valence-corrected chi connectivity index (χ4v) is 2.75. The number of nitrogens with one attached hydrogen (secondary N) is 1. The van der Waals surface area contributed by atoms with Gasteiger partial charge in [-0.25, -0.2) is 4.39 Å². The van der Waals surface area contributed by atoms with Crippen LogP contribution in [0.1, 0.15) is 23.7 Å². The Morgan fingerprint density at radius 1 is 1.25 bits per heavy atom. The maximum atomic E-state index is 13.0. The van der Waals surface area contributed by atoms with Gasteiger partial charge in [-0.05, 0) is 37.6 Å². The van der Waals surface area contributed by atoms with E-state index in [1.165, 1.54) is 24.3 Å². The van der Waals surface area contributed by atoms with Gasteiger partial charge in [0, 0.05) is 31.7 Å². The molecule has 0 bridgehead atoms. The van der Waals surface area contributed by atoms with Crippen molar-refractivity contribution < 1.29 is 14.0 Å². The van der Waals surface area contributed by atoms with E-state index in [-0.39, 0.29) is 30.2 Å². The number of hydrogen-bond donors (Lipinski definition) is 1. The van der Waals surface area contributed by atoms with Crippen LogP contribution in [0.2, 0.25) is 0 Å². The van der Waals surface area contributed by atoms with Crippen molar-refractivity contribution in [3.63, 3.8) is 0 Å². The van der Waals surface area contributed by atoms with Gasteiger partial charge in [0.05, 0.1) is 12.6 Å². The molecule has 1 unspecified atom stereocenters. The standard InChI is InChI=1S/C18H22FN3O2/c1-3-9-20-17(23)14(2)21-10-4-11-22(13-12-21)18(24)15-5-7-16(19)8-6-15/h1,5-8,14H,4,9-13H2,2H3,(H,20,23). The predicted octanol–water partition coefficient (Wildman–Crippen LogP) is 1.11. The number of carbonyl (C=O) groups excluding carboxylic acids is 2. The smallest absolute Gasteiger partial charge is 0.253 e. The molecule has 1 aromatic carbocycles. The summed E-state index contributed by atoms with van der Waals surface area (Å²) in [5, 5.41) is 2.68. The fourth-order valence-electron chi connectivity index (χ4n) is 2.75. The molecule has 6 heteroatoms. The largest absolute Gasteiger partial charge is 0.344 e. The molecule has 0 aromatic heterocycles. The summed E-state index contributed by atoms with van der Waals surface area (Å²) in [6, 6.07) is 5.27. The Kier molecular flexibility index (Phi) is 6.33. The molecule has 5 nitrogen and oxygen atoms in total. The van der Waals surface area contributed by atoms with Crippen LogP contribution in [0.3, 0.4) is 0 Å². The van der Waals surface area contributed by atoms with Crippen LogP contribution in [0.5, 0.6) is 0 Å². The molecule has 0 aliphatic carbocycles. The molecule has 1 aliphatic heterocycles. The van der Waals surface area contributed by atoms with E-state index in [0.29, 0.717) is 25.2 Å². The van der Waals surface area contributed by atoms with Gasteiger partial charge in [0.25, 0.3) is 5.91 Å². The SMILES string of the molecule is C#CCNC(=O)C(C)N1CCCN(C(=O)c2ccc(F)cc2)CC1. The van der Waals surface area contributed by atoms with Gasteiger partial charge in [-0.3, -0.25) is 14.5 Å². The van der Waals surface area contributed by atoms with Gasteiger partial charge in [-0.2, -0.15) is 0 Å². The van der Waals surface area contributed by atoms with E-state index in [1.807, 2.05) is 11.8 Å². The van der Waals surface area contributed by atoms with Crippen molar-refractivity contribution in [3.8, 4) is 12.3 Å². The summed E-state index contributed by atoms with van der Waals surface area (Å²) < 4.78 is 13.0. The number of terminal acetylenes is 1. The second-order valence-corrected chi connectivity index (χ2v) is 5.79. The first kappa shape index (κ1) is 18.0. The first-order valence-corrected chi connectivity index (χ1v) is 8.03. The second kappa shape index (κ2) is 8.46. The van der Waals surface area contributed by atoms with Crippen LogP contribution in [-0.4, -0.2) is 60.4 Å². The van der Waals surface area contributed by atoms with Gasteiger partial charge in [0.2, 0.25) is 5.91 Å². The number of carbonyl (C=O) groups is 2. The molecular weight excluding hydrogens is 309 g/mol. The van der Waals surface area contributed by atoms with Crippen molar-refractivity contribution in [3.05, 3.63) is 35.6 Å². The van der Waals surface area contributed by atoms with Crippen LogP contribution in [-0.2, 0) is 4.79 Å². The van der Waals surface area contributed by atoms with Crippen LogP contribution in [0.15, 0.2) is 24.3 Å².